The number of alkyl halides is 3. The van der Waals surface area contributed by atoms with Crippen molar-refractivity contribution in [1.29, 1.82) is 0 Å². The Bertz CT molecular complexity index is 841. The first-order valence-corrected chi connectivity index (χ1v) is 10.4. The van der Waals surface area contributed by atoms with Crippen LogP contribution in [-0.4, -0.2) is 53.6 Å². The number of ether oxygens (including phenoxy) is 1. The number of likely N-dealkylation sites (tertiary alicyclic amines) is 1. The number of nitrogens with two attached hydrogens (primary N) is 2. The molecule has 6 nitrogen and oxygen atoms in total. The van der Waals surface area contributed by atoms with E-state index in [1.807, 2.05) is 19.9 Å². The van der Waals surface area contributed by atoms with Gasteiger partial charge in [0.15, 0.2) is 11.6 Å². The van der Waals surface area contributed by atoms with Crippen molar-refractivity contribution in [2.75, 3.05) is 18.8 Å². The SMILES string of the molecule is CC(C)N=C(C=C(N)c1cnc(N)c(OC(F)F)c1)C1[C@H]2CC(N3CC(F)C3)C[C@@H]12. The Labute approximate surface area is 174 Å². The molecule has 1 aromatic rings. The van der Waals surface area contributed by atoms with E-state index in [-0.39, 0.29) is 17.6 Å². The van der Waals surface area contributed by atoms with Gasteiger partial charge in [0.1, 0.15) is 6.17 Å². The van der Waals surface area contributed by atoms with Gasteiger partial charge >= 0.3 is 6.61 Å². The quantitative estimate of drug-likeness (QED) is 0.658. The van der Waals surface area contributed by atoms with Crippen molar-refractivity contribution in [2.24, 2.45) is 28.5 Å². The lowest BCUT2D eigenvalue weighted by Gasteiger charge is -2.40. The Balaban J connectivity index is 1.49. The number of hydrogen-bond acceptors (Lipinski definition) is 6. The van der Waals surface area contributed by atoms with Gasteiger partial charge < -0.3 is 16.2 Å². The summed E-state index contributed by atoms with van der Waals surface area (Å²) in [7, 11) is 0. The van der Waals surface area contributed by atoms with E-state index in [0.29, 0.717) is 48.1 Å². The first-order valence-electron chi connectivity index (χ1n) is 10.4. The van der Waals surface area contributed by atoms with E-state index in [9.17, 15) is 13.2 Å². The van der Waals surface area contributed by atoms with Crippen LogP contribution in [0.25, 0.3) is 5.70 Å². The number of rotatable bonds is 7. The first-order chi connectivity index (χ1) is 14.2. The molecule has 2 heterocycles. The van der Waals surface area contributed by atoms with E-state index in [2.05, 4.69) is 14.6 Å². The van der Waals surface area contributed by atoms with E-state index < -0.39 is 12.8 Å². The first kappa shape index (κ1) is 21.0. The minimum Gasteiger partial charge on any atom is -0.431 e. The molecule has 9 heteroatoms. The molecule has 4 N–H and O–H groups in total. The highest BCUT2D eigenvalue weighted by molar-refractivity contribution is 6.04. The van der Waals surface area contributed by atoms with Gasteiger partial charge in [0.2, 0.25) is 0 Å². The number of nitrogens with zero attached hydrogens (tertiary/aromatic N) is 3. The van der Waals surface area contributed by atoms with Crippen molar-refractivity contribution >= 4 is 17.2 Å². The molecule has 0 bridgehead atoms. The molecule has 3 fully saturated rings. The minimum absolute atomic E-state index is 0.103. The van der Waals surface area contributed by atoms with Gasteiger partial charge in [-0.15, -0.1) is 0 Å². The summed E-state index contributed by atoms with van der Waals surface area (Å²) in [6, 6.07) is 1.94. The van der Waals surface area contributed by atoms with Gasteiger partial charge in [0, 0.05) is 54.3 Å². The molecule has 2 aliphatic carbocycles. The van der Waals surface area contributed by atoms with Gasteiger partial charge in [0.25, 0.3) is 0 Å². The standard InChI is InChI=1S/C21H28F3N5O/c1-10(2)28-17(19-14-4-13(5-15(14)19)29-8-12(22)9-29)6-16(25)11-3-18(30-21(23)24)20(26)27-7-11/h3,6-7,10,12-15,19,21H,4-5,8-9,25H2,1-2H3,(H2,26,27)/t13?,14-,15+,19?. The number of pyridine rings is 1. The normalized spacial score (nSPS) is 30.0. The lowest BCUT2D eigenvalue weighted by molar-refractivity contribution is -0.0495. The summed E-state index contributed by atoms with van der Waals surface area (Å²) >= 11 is 0. The van der Waals surface area contributed by atoms with Gasteiger partial charge in [-0.3, -0.25) is 9.89 Å². The van der Waals surface area contributed by atoms with E-state index in [1.165, 1.54) is 12.3 Å². The molecular formula is C21H28F3N5O. The molecule has 4 atom stereocenters. The van der Waals surface area contributed by atoms with Crippen LogP contribution in [0.15, 0.2) is 23.3 Å². The summed E-state index contributed by atoms with van der Waals surface area (Å²) in [5.41, 5.74) is 13.6. The molecule has 0 spiro atoms. The molecule has 1 saturated heterocycles. The van der Waals surface area contributed by atoms with Crippen LogP contribution in [0.3, 0.4) is 0 Å². The van der Waals surface area contributed by atoms with Crippen molar-refractivity contribution < 1.29 is 17.9 Å². The van der Waals surface area contributed by atoms with Gasteiger partial charge in [-0.2, -0.15) is 8.78 Å². The third-order valence-corrected chi connectivity index (χ3v) is 6.29. The average molecular weight is 423 g/mol. The fraction of sp³-hybridized carbons (Fsp3) is 0.619. The second-order valence-electron chi connectivity index (χ2n) is 8.76. The molecule has 2 unspecified atom stereocenters. The maximum Gasteiger partial charge on any atom is 0.387 e. The van der Waals surface area contributed by atoms with Gasteiger partial charge in [0.05, 0.1) is 0 Å². The number of halogens is 3. The molecule has 1 aromatic heterocycles. The molecule has 164 valence electrons. The summed E-state index contributed by atoms with van der Waals surface area (Å²) in [5.74, 6) is 1.10. The number of anilines is 1. The number of fused-ring (bicyclic) bond motifs is 1. The smallest absolute Gasteiger partial charge is 0.387 e. The van der Waals surface area contributed by atoms with Crippen LogP contribution in [0.1, 0.15) is 32.3 Å². The predicted octanol–water partition coefficient (Wildman–Crippen LogP) is 3.09. The summed E-state index contributed by atoms with van der Waals surface area (Å²) in [5, 5.41) is 0. The fourth-order valence-corrected chi connectivity index (χ4v) is 4.87. The zero-order chi connectivity index (χ0) is 21.6. The van der Waals surface area contributed by atoms with Crippen LogP contribution in [0.5, 0.6) is 5.75 Å². The predicted molar refractivity (Wildman–Crippen MR) is 110 cm³/mol. The zero-order valence-electron chi connectivity index (χ0n) is 17.1. The molecule has 0 radical (unpaired) electrons. The fourth-order valence-electron chi connectivity index (χ4n) is 4.87. The molecule has 1 aliphatic heterocycles. The third kappa shape index (κ3) is 4.26. The number of aliphatic imine (C=N–C) groups is 1. The topological polar surface area (TPSA) is 89.8 Å². The Morgan fingerprint density at radius 2 is 1.97 bits per heavy atom. The molecule has 3 aliphatic rings. The van der Waals surface area contributed by atoms with E-state index in [1.54, 1.807) is 0 Å². The van der Waals surface area contributed by atoms with E-state index in [4.69, 9.17) is 16.5 Å². The van der Waals surface area contributed by atoms with Crippen molar-refractivity contribution in [3.8, 4) is 5.75 Å². The maximum atomic E-state index is 13.2. The monoisotopic (exact) mass is 423 g/mol. The van der Waals surface area contributed by atoms with Crippen molar-refractivity contribution in [1.82, 2.24) is 9.88 Å². The number of aromatic nitrogens is 1. The molecule has 0 amide bonds. The van der Waals surface area contributed by atoms with Gasteiger partial charge in [-0.25, -0.2) is 9.37 Å². The Kier molecular flexibility index (Phi) is 5.65. The second kappa shape index (κ2) is 8.09. The lowest BCUT2D eigenvalue weighted by Crippen LogP contribution is -2.53. The Morgan fingerprint density at radius 1 is 1.30 bits per heavy atom. The van der Waals surface area contributed by atoms with Crippen LogP contribution >= 0.6 is 0 Å². The van der Waals surface area contributed by atoms with Gasteiger partial charge in [-0.05, 0) is 50.7 Å². The van der Waals surface area contributed by atoms with Crippen LogP contribution < -0.4 is 16.2 Å². The number of nitrogen functional groups attached to an aromatic ring is 1. The highest BCUT2D eigenvalue weighted by Crippen LogP contribution is 2.59. The maximum absolute atomic E-state index is 13.2. The average Bonchev–Trinajstić information content (AvgIpc) is 3.13. The summed E-state index contributed by atoms with van der Waals surface area (Å²) in [4.78, 5) is 10.9. The van der Waals surface area contributed by atoms with Crippen LogP contribution in [-0.2, 0) is 0 Å². The molecule has 4 rings (SSSR count). The summed E-state index contributed by atoms with van der Waals surface area (Å²) in [6.07, 6.45) is 4.70. The Morgan fingerprint density at radius 3 is 2.53 bits per heavy atom. The zero-order valence-corrected chi connectivity index (χ0v) is 17.1. The van der Waals surface area contributed by atoms with Crippen LogP contribution in [0.4, 0.5) is 19.0 Å². The van der Waals surface area contributed by atoms with Crippen molar-refractivity contribution in [2.45, 2.75) is 51.6 Å². The van der Waals surface area contributed by atoms with Crippen molar-refractivity contribution in [3.05, 3.63) is 23.9 Å². The third-order valence-electron chi connectivity index (χ3n) is 6.29. The molecule has 2 saturated carbocycles. The Hall–Kier alpha value is -2.29. The summed E-state index contributed by atoms with van der Waals surface area (Å²) in [6.45, 7) is 2.13. The largest absolute Gasteiger partial charge is 0.431 e. The molecule has 30 heavy (non-hydrogen) atoms. The lowest BCUT2D eigenvalue weighted by atomic mass is 9.98. The van der Waals surface area contributed by atoms with Crippen LogP contribution in [0, 0.1) is 17.8 Å². The van der Waals surface area contributed by atoms with E-state index in [0.717, 1.165) is 18.6 Å². The second-order valence-corrected chi connectivity index (χ2v) is 8.76. The minimum atomic E-state index is -2.99. The number of hydrogen-bond donors (Lipinski definition) is 2. The van der Waals surface area contributed by atoms with Gasteiger partial charge in [-0.1, -0.05) is 0 Å². The molecular weight excluding hydrogens is 395 g/mol. The number of allylic oxidation sites excluding steroid dienone is 1. The summed E-state index contributed by atoms with van der Waals surface area (Å²) < 4.78 is 42.7. The van der Waals surface area contributed by atoms with Crippen LogP contribution in [0.2, 0.25) is 0 Å². The highest BCUT2D eigenvalue weighted by atomic mass is 19.3. The molecule has 0 aromatic carbocycles. The van der Waals surface area contributed by atoms with Crippen molar-refractivity contribution in [3.63, 3.8) is 0 Å². The van der Waals surface area contributed by atoms with E-state index >= 15 is 0 Å². The highest BCUT2D eigenvalue weighted by Gasteiger charge is 2.59.